The molecule has 0 amide bonds. The maximum Gasteiger partial charge on any atom is 0.446 e. The van der Waals surface area contributed by atoms with E-state index in [1.807, 2.05) is 0 Å². The SMILES string of the molecule is CC(O)C(=O)c1ccc(OS(=O)(=O)O)cc1. The topological polar surface area (TPSA) is 101 Å². The molecule has 0 spiro atoms. The van der Waals surface area contributed by atoms with Crippen molar-refractivity contribution in [3.8, 4) is 5.75 Å². The van der Waals surface area contributed by atoms with Gasteiger partial charge in [0, 0.05) is 5.56 Å². The molecule has 2 N–H and O–H groups in total. The highest BCUT2D eigenvalue weighted by atomic mass is 32.3. The van der Waals surface area contributed by atoms with Gasteiger partial charge >= 0.3 is 10.4 Å². The van der Waals surface area contributed by atoms with Gasteiger partial charge in [0.15, 0.2) is 5.78 Å². The summed E-state index contributed by atoms with van der Waals surface area (Å²) in [6, 6.07) is 4.97. The highest BCUT2D eigenvalue weighted by molar-refractivity contribution is 7.81. The largest absolute Gasteiger partial charge is 0.446 e. The van der Waals surface area contributed by atoms with Gasteiger partial charge in [-0.15, -0.1) is 0 Å². The Morgan fingerprint density at radius 1 is 1.31 bits per heavy atom. The van der Waals surface area contributed by atoms with Gasteiger partial charge in [-0.1, -0.05) is 0 Å². The van der Waals surface area contributed by atoms with Crippen molar-refractivity contribution in [2.45, 2.75) is 13.0 Å². The third-order valence-electron chi connectivity index (χ3n) is 1.72. The molecule has 0 aliphatic carbocycles. The molecule has 16 heavy (non-hydrogen) atoms. The molecule has 0 heterocycles. The van der Waals surface area contributed by atoms with Crippen LogP contribution < -0.4 is 4.18 Å². The molecule has 7 heteroatoms. The zero-order valence-electron chi connectivity index (χ0n) is 8.32. The van der Waals surface area contributed by atoms with Gasteiger partial charge in [0.05, 0.1) is 0 Å². The number of aliphatic hydroxyl groups is 1. The summed E-state index contributed by atoms with van der Waals surface area (Å²) < 4.78 is 33.2. The van der Waals surface area contributed by atoms with Crippen LogP contribution in [-0.2, 0) is 10.4 Å². The van der Waals surface area contributed by atoms with Crippen LogP contribution in [-0.4, -0.2) is 30.0 Å². The van der Waals surface area contributed by atoms with Gasteiger partial charge < -0.3 is 9.29 Å². The van der Waals surface area contributed by atoms with E-state index < -0.39 is 22.3 Å². The van der Waals surface area contributed by atoms with Crippen LogP contribution in [0.15, 0.2) is 24.3 Å². The average molecular weight is 246 g/mol. The quantitative estimate of drug-likeness (QED) is 0.590. The van der Waals surface area contributed by atoms with Gasteiger partial charge in [-0.25, -0.2) is 0 Å². The number of rotatable bonds is 4. The number of hydrogen-bond acceptors (Lipinski definition) is 5. The maximum atomic E-state index is 11.3. The van der Waals surface area contributed by atoms with Gasteiger partial charge in [0.1, 0.15) is 11.9 Å². The number of benzene rings is 1. The molecule has 1 rings (SSSR count). The summed E-state index contributed by atoms with van der Waals surface area (Å²) in [5, 5.41) is 9.01. The molecule has 0 aliphatic rings. The summed E-state index contributed by atoms with van der Waals surface area (Å²) in [5.74, 6) is -0.608. The smallest absolute Gasteiger partial charge is 0.385 e. The summed E-state index contributed by atoms with van der Waals surface area (Å²) in [5.41, 5.74) is 0.220. The predicted octanol–water partition coefficient (Wildman–Crippen LogP) is 0.432. The van der Waals surface area contributed by atoms with E-state index in [9.17, 15) is 13.2 Å². The van der Waals surface area contributed by atoms with Crippen molar-refractivity contribution >= 4 is 16.2 Å². The number of carbonyl (C=O) groups is 1. The van der Waals surface area contributed by atoms with E-state index in [1.165, 1.54) is 31.2 Å². The molecule has 1 unspecified atom stereocenters. The molecule has 0 radical (unpaired) electrons. The van der Waals surface area contributed by atoms with Crippen molar-refractivity contribution in [3.05, 3.63) is 29.8 Å². The minimum atomic E-state index is -4.56. The Morgan fingerprint density at radius 2 is 1.81 bits per heavy atom. The Bertz CT molecular complexity index is 473. The second kappa shape index (κ2) is 4.60. The standard InChI is InChI=1S/C9H10O6S/c1-6(10)9(11)7-2-4-8(5-3-7)15-16(12,13)14/h2-6,10H,1H3,(H,12,13,14). The van der Waals surface area contributed by atoms with Crippen molar-refractivity contribution in [2.75, 3.05) is 0 Å². The summed E-state index contributed by atoms with van der Waals surface area (Å²) in [6.45, 7) is 1.32. The molecule has 1 aromatic carbocycles. The fraction of sp³-hybridized carbons (Fsp3) is 0.222. The molecule has 0 aliphatic heterocycles. The second-order valence-corrected chi connectivity index (χ2v) is 4.10. The Morgan fingerprint density at radius 3 is 2.19 bits per heavy atom. The third-order valence-corrected chi connectivity index (χ3v) is 2.12. The minimum Gasteiger partial charge on any atom is -0.385 e. The van der Waals surface area contributed by atoms with Crippen LogP contribution in [0.25, 0.3) is 0 Å². The first kappa shape index (κ1) is 12.6. The van der Waals surface area contributed by atoms with E-state index in [-0.39, 0.29) is 11.3 Å². The lowest BCUT2D eigenvalue weighted by molar-refractivity contribution is 0.0779. The lowest BCUT2D eigenvalue weighted by Crippen LogP contribution is -2.16. The zero-order chi connectivity index (χ0) is 12.3. The van der Waals surface area contributed by atoms with Crippen LogP contribution in [0.1, 0.15) is 17.3 Å². The van der Waals surface area contributed by atoms with Crippen LogP contribution in [0.4, 0.5) is 0 Å². The maximum absolute atomic E-state index is 11.3. The van der Waals surface area contributed by atoms with Crippen molar-refractivity contribution in [3.63, 3.8) is 0 Å². The Hall–Kier alpha value is -1.44. The van der Waals surface area contributed by atoms with Gasteiger partial charge in [0.25, 0.3) is 0 Å². The van der Waals surface area contributed by atoms with Crippen LogP contribution in [0.3, 0.4) is 0 Å². The molecule has 1 aromatic rings. The molecule has 6 nitrogen and oxygen atoms in total. The van der Waals surface area contributed by atoms with Crippen molar-refractivity contribution in [1.29, 1.82) is 0 Å². The highest BCUT2D eigenvalue weighted by Crippen LogP contribution is 2.14. The average Bonchev–Trinajstić information content (AvgIpc) is 2.15. The van der Waals surface area contributed by atoms with Crippen LogP contribution in [0.5, 0.6) is 5.75 Å². The Labute approximate surface area is 92.4 Å². The molecule has 0 saturated heterocycles. The molecule has 88 valence electrons. The summed E-state index contributed by atoms with van der Waals surface area (Å²) >= 11 is 0. The van der Waals surface area contributed by atoms with Gasteiger partial charge in [-0.3, -0.25) is 9.35 Å². The molecule has 0 bridgehead atoms. The first-order valence-corrected chi connectivity index (χ1v) is 5.65. The van der Waals surface area contributed by atoms with Gasteiger partial charge in [-0.05, 0) is 31.2 Å². The van der Waals surface area contributed by atoms with Crippen LogP contribution >= 0.6 is 0 Å². The molecule has 0 aromatic heterocycles. The predicted molar refractivity (Wildman–Crippen MR) is 54.6 cm³/mol. The van der Waals surface area contributed by atoms with Crippen LogP contribution in [0.2, 0.25) is 0 Å². The number of carbonyl (C=O) groups excluding carboxylic acids is 1. The molecule has 0 saturated carbocycles. The molecular weight excluding hydrogens is 236 g/mol. The Kier molecular flexibility index (Phi) is 3.63. The van der Waals surface area contributed by atoms with Crippen LogP contribution in [0, 0.1) is 0 Å². The molecule has 1 atom stereocenters. The lowest BCUT2D eigenvalue weighted by atomic mass is 10.1. The fourth-order valence-corrected chi connectivity index (χ4v) is 1.39. The second-order valence-electron chi connectivity index (χ2n) is 3.08. The third kappa shape index (κ3) is 3.61. The van der Waals surface area contributed by atoms with E-state index in [2.05, 4.69) is 4.18 Å². The summed E-state index contributed by atoms with van der Waals surface area (Å²) in [7, 11) is -4.56. The summed E-state index contributed by atoms with van der Waals surface area (Å²) in [4.78, 5) is 11.3. The van der Waals surface area contributed by atoms with E-state index in [4.69, 9.17) is 9.66 Å². The Balaban J connectivity index is 2.88. The number of Topliss-reactive ketones (excluding diaryl/α,β-unsaturated/α-hetero) is 1. The first-order valence-electron chi connectivity index (χ1n) is 4.29. The van der Waals surface area contributed by atoms with Gasteiger partial charge in [0.2, 0.25) is 0 Å². The number of ketones is 1. The van der Waals surface area contributed by atoms with Gasteiger partial charge in [-0.2, -0.15) is 8.42 Å². The van der Waals surface area contributed by atoms with Crippen molar-refractivity contribution < 1.29 is 27.1 Å². The van der Waals surface area contributed by atoms with E-state index in [1.54, 1.807) is 0 Å². The fourth-order valence-electron chi connectivity index (χ4n) is 1.04. The van der Waals surface area contributed by atoms with Crippen molar-refractivity contribution in [2.24, 2.45) is 0 Å². The van der Waals surface area contributed by atoms with E-state index >= 15 is 0 Å². The highest BCUT2D eigenvalue weighted by Gasteiger charge is 2.12. The summed E-state index contributed by atoms with van der Waals surface area (Å²) in [6.07, 6.45) is -1.13. The van der Waals surface area contributed by atoms with Crippen molar-refractivity contribution in [1.82, 2.24) is 0 Å². The molecule has 0 fully saturated rings. The molecular formula is C9H10O6S. The van der Waals surface area contributed by atoms with E-state index in [0.29, 0.717) is 0 Å². The number of hydrogen-bond donors (Lipinski definition) is 2. The normalized spacial score (nSPS) is 13.2. The minimum absolute atomic E-state index is 0.121. The monoisotopic (exact) mass is 246 g/mol. The lowest BCUT2D eigenvalue weighted by Gasteiger charge is -2.04. The number of aliphatic hydroxyl groups excluding tert-OH is 1. The first-order chi connectivity index (χ1) is 7.29. The van der Waals surface area contributed by atoms with E-state index in [0.717, 1.165) is 0 Å². The zero-order valence-corrected chi connectivity index (χ0v) is 9.14.